The molecule has 0 unspecified atom stereocenters. The average Bonchev–Trinajstić information content (AvgIpc) is 3.44. The normalized spacial score (nSPS) is 13.2. The number of benzene rings is 3. The lowest BCUT2D eigenvalue weighted by atomic mass is 9.88. The first-order valence-corrected chi connectivity index (χ1v) is 13.1. The van der Waals surface area contributed by atoms with E-state index in [1.165, 1.54) is 22.3 Å². The fourth-order valence-corrected chi connectivity index (χ4v) is 5.20. The summed E-state index contributed by atoms with van der Waals surface area (Å²) in [6, 6.07) is 28.6. The molecule has 1 aromatic heterocycles. The van der Waals surface area contributed by atoms with E-state index in [4.69, 9.17) is 13.9 Å². The van der Waals surface area contributed by atoms with Gasteiger partial charge in [-0.05, 0) is 59.4 Å². The molecular weight excluding hydrogens is 476 g/mol. The molecule has 1 aliphatic rings. The molecule has 1 aliphatic heterocycles. The second kappa shape index (κ2) is 12.0. The van der Waals surface area contributed by atoms with E-state index in [-0.39, 0.29) is 11.8 Å². The van der Waals surface area contributed by atoms with Gasteiger partial charge in [0.25, 0.3) is 5.91 Å². The van der Waals surface area contributed by atoms with Crippen LogP contribution in [0.1, 0.15) is 50.9 Å². The summed E-state index contributed by atoms with van der Waals surface area (Å²) in [5.41, 5.74) is 4.99. The maximum atomic E-state index is 12.9. The third-order valence-electron chi connectivity index (χ3n) is 7.18. The van der Waals surface area contributed by atoms with Crippen molar-refractivity contribution in [1.29, 1.82) is 0 Å². The smallest absolute Gasteiger partial charge is 0.286 e. The molecule has 1 N–H and O–H groups in total. The van der Waals surface area contributed by atoms with Crippen molar-refractivity contribution in [2.24, 2.45) is 0 Å². The Hall–Kier alpha value is -4.03. The number of rotatable bonds is 10. The van der Waals surface area contributed by atoms with E-state index in [2.05, 4.69) is 70.9 Å². The highest BCUT2D eigenvalue weighted by molar-refractivity contribution is 5.91. The van der Waals surface area contributed by atoms with Crippen molar-refractivity contribution in [2.75, 3.05) is 27.3 Å². The van der Waals surface area contributed by atoms with E-state index in [0.717, 1.165) is 43.2 Å². The van der Waals surface area contributed by atoms with E-state index < -0.39 is 0 Å². The van der Waals surface area contributed by atoms with Crippen molar-refractivity contribution in [3.05, 3.63) is 119 Å². The van der Waals surface area contributed by atoms with Gasteiger partial charge in [-0.3, -0.25) is 9.69 Å². The molecule has 2 heterocycles. The standard InChI is InChI=1S/C32H34N2O4/c1-36-30-19-25-16-18-34(21-26(25)20-31(30)37-2)22-27-13-14-29(38-27)32(35)33-17-15-28(23-9-5-3-6-10-23)24-11-7-4-8-12-24/h3-14,19-20,28H,15-18,21-22H2,1-2H3,(H,33,35). The molecule has 0 fully saturated rings. The van der Waals surface area contributed by atoms with Crippen LogP contribution in [0.4, 0.5) is 0 Å². The molecule has 196 valence electrons. The highest BCUT2D eigenvalue weighted by Gasteiger charge is 2.21. The maximum Gasteiger partial charge on any atom is 0.286 e. The molecule has 0 radical (unpaired) electrons. The molecule has 5 rings (SSSR count). The predicted octanol–water partition coefficient (Wildman–Crippen LogP) is 5.81. The SMILES string of the molecule is COc1cc2c(cc1OC)CN(Cc1ccc(C(=O)NCCC(c3ccccc3)c3ccccc3)o1)CC2. The van der Waals surface area contributed by atoms with Crippen molar-refractivity contribution in [2.45, 2.75) is 31.8 Å². The summed E-state index contributed by atoms with van der Waals surface area (Å²) in [5, 5.41) is 3.05. The number of hydrogen-bond donors (Lipinski definition) is 1. The molecule has 0 aliphatic carbocycles. The number of fused-ring (bicyclic) bond motifs is 1. The third kappa shape index (κ3) is 5.92. The number of nitrogens with zero attached hydrogens (tertiary/aromatic N) is 1. The second-order valence-electron chi connectivity index (χ2n) is 9.62. The molecule has 0 atom stereocenters. The number of ether oxygens (including phenoxy) is 2. The lowest BCUT2D eigenvalue weighted by Crippen LogP contribution is -2.30. The van der Waals surface area contributed by atoms with Crippen LogP contribution in [0.25, 0.3) is 0 Å². The Balaban J connectivity index is 1.17. The fourth-order valence-electron chi connectivity index (χ4n) is 5.20. The summed E-state index contributed by atoms with van der Waals surface area (Å²) in [5.74, 6) is 2.67. The number of nitrogens with one attached hydrogen (secondary N) is 1. The summed E-state index contributed by atoms with van der Waals surface area (Å²) in [6.45, 7) is 2.89. The monoisotopic (exact) mass is 510 g/mol. The fraction of sp³-hybridized carbons (Fsp3) is 0.281. The predicted molar refractivity (Wildman–Crippen MR) is 148 cm³/mol. The Labute approximate surface area is 224 Å². The molecule has 0 spiro atoms. The van der Waals surface area contributed by atoms with Crippen LogP contribution in [0.5, 0.6) is 11.5 Å². The van der Waals surface area contributed by atoms with Crippen molar-refractivity contribution in [3.8, 4) is 11.5 Å². The van der Waals surface area contributed by atoms with Crippen LogP contribution in [0, 0.1) is 0 Å². The molecule has 4 aromatic rings. The molecule has 3 aromatic carbocycles. The molecule has 0 bridgehead atoms. The minimum atomic E-state index is -0.183. The summed E-state index contributed by atoms with van der Waals surface area (Å²) < 4.78 is 16.9. The summed E-state index contributed by atoms with van der Waals surface area (Å²) >= 11 is 0. The Morgan fingerprint density at radius 1 is 0.895 bits per heavy atom. The van der Waals surface area contributed by atoms with Gasteiger partial charge in [0.2, 0.25) is 0 Å². The number of furan rings is 1. The van der Waals surface area contributed by atoms with Gasteiger partial charge in [0, 0.05) is 25.6 Å². The van der Waals surface area contributed by atoms with Crippen LogP contribution in [0.15, 0.2) is 89.3 Å². The van der Waals surface area contributed by atoms with E-state index in [0.29, 0.717) is 18.8 Å². The van der Waals surface area contributed by atoms with Gasteiger partial charge >= 0.3 is 0 Å². The van der Waals surface area contributed by atoms with Crippen LogP contribution in [0.3, 0.4) is 0 Å². The van der Waals surface area contributed by atoms with Gasteiger partial charge in [-0.1, -0.05) is 60.7 Å². The van der Waals surface area contributed by atoms with Gasteiger partial charge in [-0.15, -0.1) is 0 Å². The molecule has 0 saturated carbocycles. The number of amides is 1. The number of carbonyl (C=O) groups excluding carboxylic acids is 1. The Bertz CT molecular complexity index is 1310. The topological polar surface area (TPSA) is 63.9 Å². The summed E-state index contributed by atoms with van der Waals surface area (Å²) in [4.78, 5) is 15.2. The van der Waals surface area contributed by atoms with Crippen LogP contribution in [0.2, 0.25) is 0 Å². The largest absolute Gasteiger partial charge is 0.493 e. The number of carbonyl (C=O) groups is 1. The quantitative estimate of drug-likeness (QED) is 0.292. The lowest BCUT2D eigenvalue weighted by Gasteiger charge is -2.28. The molecule has 0 saturated heterocycles. The Kier molecular flexibility index (Phi) is 8.09. The molecule has 6 heteroatoms. The van der Waals surface area contributed by atoms with Crippen molar-refractivity contribution < 1.29 is 18.7 Å². The minimum absolute atomic E-state index is 0.183. The highest BCUT2D eigenvalue weighted by Crippen LogP contribution is 2.33. The van der Waals surface area contributed by atoms with Gasteiger partial charge < -0.3 is 19.2 Å². The van der Waals surface area contributed by atoms with E-state index in [1.807, 2.05) is 18.2 Å². The van der Waals surface area contributed by atoms with Crippen molar-refractivity contribution in [1.82, 2.24) is 10.2 Å². The van der Waals surface area contributed by atoms with Crippen LogP contribution in [-0.2, 0) is 19.5 Å². The van der Waals surface area contributed by atoms with E-state index >= 15 is 0 Å². The molecular formula is C32H34N2O4. The number of hydrogen-bond acceptors (Lipinski definition) is 5. The maximum absolute atomic E-state index is 12.9. The van der Waals surface area contributed by atoms with E-state index in [1.54, 1.807) is 20.3 Å². The molecule has 38 heavy (non-hydrogen) atoms. The summed E-state index contributed by atoms with van der Waals surface area (Å²) in [7, 11) is 3.32. The van der Waals surface area contributed by atoms with Crippen molar-refractivity contribution in [3.63, 3.8) is 0 Å². The first kappa shape index (κ1) is 25.6. The van der Waals surface area contributed by atoms with Crippen LogP contribution >= 0.6 is 0 Å². The minimum Gasteiger partial charge on any atom is -0.493 e. The second-order valence-corrected chi connectivity index (χ2v) is 9.62. The Morgan fingerprint density at radius 2 is 1.53 bits per heavy atom. The van der Waals surface area contributed by atoms with Gasteiger partial charge in [-0.25, -0.2) is 0 Å². The zero-order valence-electron chi connectivity index (χ0n) is 22.0. The first-order valence-electron chi connectivity index (χ1n) is 13.1. The lowest BCUT2D eigenvalue weighted by molar-refractivity contribution is 0.0920. The molecule has 1 amide bonds. The molecule has 6 nitrogen and oxygen atoms in total. The van der Waals surface area contributed by atoms with Crippen molar-refractivity contribution >= 4 is 5.91 Å². The van der Waals surface area contributed by atoms with Gasteiger partial charge in [0.15, 0.2) is 17.3 Å². The first-order chi connectivity index (χ1) is 18.6. The number of methoxy groups -OCH3 is 2. The van der Waals surface area contributed by atoms with Gasteiger partial charge in [-0.2, -0.15) is 0 Å². The third-order valence-corrected chi connectivity index (χ3v) is 7.18. The highest BCUT2D eigenvalue weighted by atomic mass is 16.5. The van der Waals surface area contributed by atoms with E-state index in [9.17, 15) is 4.79 Å². The zero-order chi connectivity index (χ0) is 26.3. The van der Waals surface area contributed by atoms with Gasteiger partial charge in [0.05, 0.1) is 20.8 Å². The average molecular weight is 511 g/mol. The van der Waals surface area contributed by atoms with Gasteiger partial charge in [0.1, 0.15) is 5.76 Å². The summed E-state index contributed by atoms with van der Waals surface area (Å²) in [6.07, 6.45) is 1.72. The van der Waals surface area contributed by atoms with Crippen LogP contribution in [-0.4, -0.2) is 38.1 Å². The Morgan fingerprint density at radius 3 is 2.16 bits per heavy atom. The zero-order valence-corrected chi connectivity index (χ0v) is 22.0. The van der Waals surface area contributed by atoms with Crippen LogP contribution < -0.4 is 14.8 Å².